The van der Waals surface area contributed by atoms with E-state index in [9.17, 15) is 22.4 Å². The Labute approximate surface area is 236 Å². The van der Waals surface area contributed by atoms with Crippen molar-refractivity contribution in [3.05, 3.63) is 65.5 Å². The van der Waals surface area contributed by atoms with E-state index in [1.807, 2.05) is 0 Å². The maximum absolute atomic E-state index is 13.5. The standard InChI is InChI=1S/C29H39FN4O5S/c1-23(29(36)31-14-17-32-18-20-39-21-19-32)34(22-25-4-9-26(30)10-5-25)28(35)13-8-24-6-11-27(12-7-24)40(37,38)33-15-2-3-16-33/h4-7,9-12,23H,2-3,8,13-22H2,1H3,(H,31,36). The Morgan fingerprint density at radius 1 is 0.975 bits per heavy atom. The average molecular weight is 575 g/mol. The fourth-order valence-corrected chi connectivity index (χ4v) is 6.50. The number of nitrogens with one attached hydrogen (secondary N) is 1. The van der Waals surface area contributed by atoms with Gasteiger partial charge in [0.25, 0.3) is 0 Å². The Balaban J connectivity index is 1.37. The molecule has 9 nitrogen and oxygen atoms in total. The van der Waals surface area contributed by atoms with Gasteiger partial charge in [0.1, 0.15) is 11.9 Å². The van der Waals surface area contributed by atoms with Crippen LogP contribution >= 0.6 is 0 Å². The van der Waals surface area contributed by atoms with Crippen molar-refractivity contribution >= 4 is 21.8 Å². The zero-order chi connectivity index (χ0) is 28.5. The fourth-order valence-electron chi connectivity index (χ4n) is 4.98. The van der Waals surface area contributed by atoms with Crippen molar-refractivity contribution in [3.63, 3.8) is 0 Å². The molecule has 218 valence electrons. The molecule has 0 spiro atoms. The first kappa shape index (κ1) is 30.1. The van der Waals surface area contributed by atoms with Crippen LogP contribution in [0.15, 0.2) is 53.4 Å². The van der Waals surface area contributed by atoms with Crippen molar-refractivity contribution in [1.82, 2.24) is 19.4 Å². The summed E-state index contributed by atoms with van der Waals surface area (Å²) in [5.41, 5.74) is 1.55. The molecule has 2 aliphatic rings. The van der Waals surface area contributed by atoms with Crippen LogP contribution in [0.2, 0.25) is 0 Å². The van der Waals surface area contributed by atoms with Gasteiger partial charge in [-0.05, 0) is 61.6 Å². The van der Waals surface area contributed by atoms with Gasteiger partial charge in [-0.25, -0.2) is 12.8 Å². The third-order valence-corrected chi connectivity index (χ3v) is 9.43. The van der Waals surface area contributed by atoms with Crippen LogP contribution in [0.4, 0.5) is 4.39 Å². The molecule has 0 aliphatic carbocycles. The highest BCUT2D eigenvalue weighted by molar-refractivity contribution is 7.89. The molecule has 2 amide bonds. The maximum Gasteiger partial charge on any atom is 0.243 e. The van der Waals surface area contributed by atoms with Crippen molar-refractivity contribution in [2.24, 2.45) is 0 Å². The van der Waals surface area contributed by atoms with Crippen molar-refractivity contribution < 1.29 is 27.1 Å². The highest BCUT2D eigenvalue weighted by Crippen LogP contribution is 2.22. The minimum atomic E-state index is -3.50. The summed E-state index contributed by atoms with van der Waals surface area (Å²) in [6.45, 7) is 7.14. The molecular weight excluding hydrogens is 535 g/mol. The first-order valence-corrected chi connectivity index (χ1v) is 15.4. The summed E-state index contributed by atoms with van der Waals surface area (Å²) in [5.74, 6) is -0.833. The SMILES string of the molecule is CC(C(=O)NCCN1CCOCC1)N(Cc1ccc(F)cc1)C(=O)CCc1ccc(S(=O)(=O)N2CCCC2)cc1. The van der Waals surface area contributed by atoms with Gasteiger partial charge in [0.15, 0.2) is 0 Å². The number of ether oxygens (including phenoxy) is 1. The Morgan fingerprint density at radius 2 is 1.60 bits per heavy atom. The van der Waals surface area contributed by atoms with Gasteiger partial charge in [-0.1, -0.05) is 24.3 Å². The number of halogens is 1. The molecule has 2 aromatic carbocycles. The fraction of sp³-hybridized carbons (Fsp3) is 0.517. The van der Waals surface area contributed by atoms with E-state index in [1.54, 1.807) is 43.3 Å². The molecule has 11 heteroatoms. The lowest BCUT2D eigenvalue weighted by Gasteiger charge is -2.30. The number of amides is 2. The predicted octanol–water partition coefficient (Wildman–Crippen LogP) is 2.41. The Bertz CT molecular complexity index is 1230. The number of carbonyl (C=O) groups is 2. The highest BCUT2D eigenvalue weighted by atomic mass is 32.2. The van der Waals surface area contributed by atoms with Crippen LogP contribution in [0.3, 0.4) is 0 Å². The lowest BCUT2D eigenvalue weighted by atomic mass is 10.1. The Hall–Kier alpha value is -2.86. The van der Waals surface area contributed by atoms with Crippen molar-refractivity contribution in [2.75, 3.05) is 52.5 Å². The third kappa shape index (κ3) is 8.09. The van der Waals surface area contributed by atoms with Crippen molar-refractivity contribution in [1.29, 1.82) is 0 Å². The molecule has 40 heavy (non-hydrogen) atoms. The third-order valence-electron chi connectivity index (χ3n) is 7.52. The molecule has 0 radical (unpaired) electrons. The molecule has 0 bridgehead atoms. The van der Waals surface area contributed by atoms with Crippen molar-refractivity contribution in [3.8, 4) is 0 Å². The zero-order valence-corrected chi connectivity index (χ0v) is 23.9. The molecule has 1 atom stereocenters. The summed E-state index contributed by atoms with van der Waals surface area (Å²) < 4.78 is 45.9. The smallest absolute Gasteiger partial charge is 0.243 e. The van der Waals surface area contributed by atoms with Gasteiger partial charge in [0.2, 0.25) is 21.8 Å². The second-order valence-electron chi connectivity index (χ2n) is 10.3. The number of sulfonamides is 1. The second kappa shape index (κ2) is 14.2. The van der Waals surface area contributed by atoms with Gasteiger partial charge in [-0.2, -0.15) is 4.31 Å². The normalized spacial score (nSPS) is 17.4. The number of hydrogen-bond donors (Lipinski definition) is 1. The lowest BCUT2D eigenvalue weighted by molar-refractivity contribution is -0.140. The van der Waals surface area contributed by atoms with Crippen LogP contribution in [0.25, 0.3) is 0 Å². The molecule has 2 aromatic rings. The number of aryl methyl sites for hydroxylation is 1. The highest BCUT2D eigenvalue weighted by Gasteiger charge is 2.28. The molecule has 4 rings (SSSR count). The van der Waals surface area contributed by atoms with Gasteiger partial charge in [0.05, 0.1) is 18.1 Å². The largest absolute Gasteiger partial charge is 0.379 e. The monoisotopic (exact) mass is 574 g/mol. The number of benzene rings is 2. The van der Waals surface area contributed by atoms with Gasteiger partial charge < -0.3 is 15.0 Å². The van der Waals surface area contributed by atoms with Gasteiger partial charge in [-0.3, -0.25) is 14.5 Å². The van der Waals surface area contributed by atoms with Crippen LogP contribution in [0.1, 0.15) is 37.3 Å². The molecule has 2 heterocycles. The number of morpholine rings is 1. The van der Waals surface area contributed by atoms with Crippen LogP contribution in [-0.4, -0.2) is 92.9 Å². The van der Waals surface area contributed by atoms with Gasteiger partial charge >= 0.3 is 0 Å². The predicted molar refractivity (Wildman–Crippen MR) is 149 cm³/mol. The summed E-state index contributed by atoms with van der Waals surface area (Å²) in [5, 5.41) is 2.94. The second-order valence-corrected chi connectivity index (χ2v) is 12.3. The topological polar surface area (TPSA) is 99.3 Å². The Kier molecular flexibility index (Phi) is 10.7. The number of hydrogen-bond acceptors (Lipinski definition) is 6. The molecule has 0 aromatic heterocycles. The summed E-state index contributed by atoms with van der Waals surface area (Å²) in [6, 6.07) is 11.8. The van der Waals surface area contributed by atoms with Crippen LogP contribution < -0.4 is 5.32 Å². The summed E-state index contributed by atoms with van der Waals surface area (Å²) in [7, 11) is -3.50. The Morgan fingerprint density at radius 3 is 2.25 bits per heavy atom. The van der Waals surface area contributed by atoms with E-state index in [2.05, 4.69) is 10.2 Å². The molecule has 2 aliphatic heterocycles. The molecule has 2 saturated heterocycles. The number of carbonyl (C=O) groups excluding carboxylic acids is 2. The molecule has 0 saturated carbocycles. The van der Waals surface area contributed by atoms with Gasteiger partial charge in [-0.15, -0.1) is 0 Å². The van der Waals surface area contributed by atoms with Crippen LogP contribution in [-0.2, 0) is 37.3 Å². The van der Waals surface area contributed by atoms with E-state index in [4.69, 9.17) is 4.74 Å². The van der Waals surface area contributed by atoms with Crippen LogP contribution in [0, 0.1) is 5.82 Å². The molecule has 1 N–H and O–H groups in total. The molecule has 2 fully saturated rings. The van der Waals surface area contributed by atoms with E-state index in [1.165, 1.54) is 21.3 Å². The van der Waals surface area contributed by atoms with E-state index < -0.39 is 16.1 Å². The first-order chi connectivity index (χ1) is 19.2. The molecule has 1 unspecified atom stereocenters. The minimum Gasteiger partial charge on any atom is -0.379 e. The van der Waals surface area contributed by atoms with Crippen molar-refractivity contribution in [2.45, 2.75) is 50.1 Å². The number of rotatable bonds is 12. The number of nitrogens with zero attached hydrogens (tertiary/aromatic N) is 3. The van der Waals surface area contributed by atoms with Gasteiger partial charge in [0, 0.05) is 52.2 Å². The quantitative estimate of drug-likeness (QED) is 0.418. The molecular formula is C29H39FN4O5S. The van der Waals surface area contributed by atoms with E-state index in [0.717, 1.165) is 37.1 Å². The maximum atomic E-state index is 13.5. The average Bonchev–Trinajstić information content (AvgIpc) is 3.52. The van der Waals surface area contributed by atoms with E-state index in [0.29, 0.717) is 45.8 Å². The lowest BCUT2D eigenvalue weighted by Crippen LogP contribution is -2.49. The van der Waals surface area contributed by atoms with Crippen LogP contribution in [0.5, 0.6) is 0 Å². The van der Waals surface area contributed by atoms with E-state index in [-0.39, 0.29) is 35.5 Å². The summed E-state index contributed by atoms with van der Waals surface area (Å²) >= 11 is 0. The van der Waals surface area contributed by atoms with E-state index >= 15 is 0 Å². The first-order valence-electron chi connectivity index (χ1n) is 13.9. The summed E-state index contributed by atoms with van der Waals surface area (Å²) in [6.07, 6.45) is 2.29. The summed E-state index contributed by atoms with van der Waals surface area (Å²) in [4.78, 5) is 30.4. The zero-order valence-electron chi connectivity index (χ0n) is 23.1. The minimum absolute atomic E-state index is 0.144.